The lowest BCUT2D eigenvalue weighted by molar-refractivity contribution is 0.362. The van der Waals surface area contributed by atoms with Gasteiger partial charge in [-0.05, 0) is 11.5 Å². The molecule has 0 fully saturated rings. The smallest absolute Gasteiger partial charge is 0.277 e. The van der Waals surface area contributed by atoms with Crippen LogP contribution in [0.25, 0.3) is 0 Å². The summed E-state index contributed by atoms with van der Waals surface area (Å²) >= 11 is 0. The van der Waals surface area contributed by atoms with E-state index in [1.54, 1.807) is 0 Å². The molecule has 0 aromatic rings. The van der Waals surface area contributed by atoms with Crippen molar-refractivity contribution in [2.75, 3.05) is 11.5 Å². The molecule has 0 amide bonds. The summed E-state index contributed by atoms with van der Waals surface area (Å²) in [5.41, 5.74) is 0. The molecule has 0 aliphatic heterocycles. The Morgan fingerprint density at radius 2 is 1.44 bits per heavy atom. The van der Waals surface area contributed by atoms with Crippen LogP contribution in [0.2, 0.25) is 0 Å². The van der Waals surface area contributed by atoms with Crippen molar-refractivity contribution in [1.82, 2.24) is 0 Å². The van der Waals surface area contributed by atoms with Gasteiger partial charge in [-0.15, -0.1) is 10.1 Å². The average Bonchev–Trinajstić information content (AvgIpc) is 1.65. The Bertz CT molecular complexity index is 124. The fraction of sp³-hybridized carbons (Fsp3) is 1.00. The van der Waals surface area contributed by atoms with Gasteiger partial charge in [0, 0.05) is 0 Å². The second-order valence-corrected chi connectivity index (χ2v) is 7.68. The number of hydrogen-bond acceptors (Lipinski definition) is 0. The maximum Gasteiger partial charge on any atom is 0.277 e. The van der Waals surface area contributed by atoms with Gasteiger partial charge >= 0.3 is 0 Å². The van der Waals surface area contributed by atoms with Crippen molar-refractivity contribution >= 4 is 16.8 Å². The lowest BCUT2D eigenvalue weighted by atomic mass is 11.0. The second kappa shape index (κ2) is 3.74. The topological polar surface area (TPSA) is 60.7 Å². The van der Waals surface area contributed by atoms with Crippen molar-refractivity contribution in [3.8, 4) is 0 Å². The van der Waals surface area contributed by atoms with Gasteiger partial charge in [0.25, 0.3) is 6.72 Å². The number of rotatable bonds is 2. The zero-order valence-corrected chi connectivity index (χ0v) is 7.32. The lowest BCUT2D eigenvalue weighted by Crippen LogP contribution is -1.99. The van der Waals surface area contributed by atoms with Gasteiger partial charge in [0.1, 0.15) is 0 Å². The lowest BCUT2D eigenvalue weighted by Gasteiger charge is -2.10. The van der Waals surface area contributed by atoms with Crippen LogP contribution in [0.4, 0.5) is 0 Å². The zero-order chi connectivity index (χ0) is 7.49. The first kappa shape index (κ1) is 9.66. The molecule has 0 unspecified atom stereocenters. The first-order valence-electron chi connectivity index (χ1n) is 2.77. The minimum Gasteiger partial charge on any atom is -0.329 e. The SMILES string of the molecule is CCS(CC)=P(O)(O)O. The van der Waals surface area contributed by atoms with E-state index in [1.165, 1.54) is 0 Å². The highest BCUT2D eigenvalue weighted by atomic mass is 32.5. The molecule has 0 aliphatic carbocycles. The summed E-state index contributed by atoms with van der Waals surface area (Å²) in [4.78, 5) is 26.1. The van der Waals surface area contributed by atoms with Crippen LogP contribution in [0.1, 0.15) is 13.8 Å². The first-order chi connectivity index (χ1) is 4.02. The van der Waals surface area contributed by atoms with Gasteiger partial charge in [0.15, 0.2) is 0 Å². The minimum atomic E-state index is -3.50. The standard InChI is InChI=1S/C4H13O3PS/c1-3-9(4-2)8(5,6)7/h5-7H,3-4H2,1-2H3. The molecule has 0 heterocycles. The Kier molecular flexibility index (Phi) is 4.01. The molecule has 0 atom stereocenters. The van der Waals surface area contributed by atoms with E-state index in [2.05, 4.69) is 0 Å². The predicted octanol–water partition coefficient (Wildman–Crippen LogP) is 0.299. The fourth-order valence-electron chi connectivity index (χ4n) is 0.551. The summed E-state index contributed by atoms with van der Waals surface area (Å²) in [5, 5.41) is 0. The van der Waals surface area contributed by atoms with Crippen LogP contribution in [-0.4, -0.2) is 26.2 Å². The Balaban J connectivity index is 4.40. The normalized spacial score (nSPS) is 12.7. The monoisotopic (exact) mass is 172 g/mol. The van der Waals surface area contributed by atoms with Gasteiger partial charge in [-0.2, -0.15) is 0 Å². The molecule has 0 rings (SSSR count). The largest absolute Gasteiger partial charge is 0.329 e. The van der Waals surface area contributed by atoms with Gasteiger partial charge < -0.3 is 14.7 Å². The van der Waals surface area contributed by atoms with Crippen molar-refractivity contribution < 1.29 is 14.7 Å². The molecular weight excluding hydrogens is 159 g/mol. The van der Waals surface area contributed by atoms with E-state index in [-0.39, 0.29) is 0 Å². The minimum absolute atomic E-state index is 0.578. The summed E-state index contributed by atoms with van der Waals surface area (Å²) < 4.78 is 0. The van der Waals surface area contributed by atoms with Gasteiger partial charge in [-0.3, -0.25) is 0 Å². The van der Waals surface area contributed by atoms with Gasteiger partial charge in [0.2, 0.25) is 0 Å². The summed E-state index contributed by atoms with van der Waals surface area (Å²) in [5.74, 6) is 1.29. The van der Waals surface area contributed by atoms with Crippen LogP contribution in [0.3, 0.4) is 0 Å². The highest BCUT2D eigenvalue weighted by molar-refractivity contribution is 8.27. The van der Waals surface area contributed by atoms with Crippen LogP contribution in [0.5, 0.6) is 0 Å². The van der Waals surface area contributed by atoms with Crippen LogP contribution >= 0.6 is 6.72 Å². The summed E-state index contributed by atoms with van der Waals surface area (Å²) in [6.07, 6.45) is 0. The molecule has 0 spiro atoms. The molecule has 3 N–H and O–H groups in total. The highest BCUT2D eigenvalue weighted by Gasteiger charge is 2.07. The summed E-state index contributed by atoms with van der Waals surface area (Å²) in [7, 11) is -0.578. The third-order valence-corrected chi connectivity index (χ3v) is 6.67. The molecule has 0 aromatic heterocycles. The third-order valence-electron chi connectivity index (χ3n) is 1.01. The molecular formula is C4H13O3PS. The number of hydrogen-bond donors (Lipinski definition) is 3. The Labute approximate surface area is 57.5 Å². The van der Waals surface area contributed by atoms with E-state index >= 15 is 0 Å². The van der Waals surface area contributed by atoms with E-state index in [4.69, 9.17) is 14.7 Å². The van der Waals surface area contributed by atoms with Crippen molar-refractivity contribution in [2.24, 2.45) is 0 Å². The molecule has 0 saturated heterocycles. The molecule has 58 valence electrons. The van der Waals surface area contributed by atoms with E-state index in [0.29, 0.717) is 11.5 Å². The first-order valence-corrected chi connectivity index (χ1v) is 6.59. The average molecular weight is 172 g/mol. The van der Waals surface area contributed by atoms with Crippen molar-refractivity contribution in [3.05, 3.63) is 0 Å². The summed E-state index contributed by atoms with van der Waals surface area (Å²) in [6.45, 7) is 0.177. The van der Waals surface area contributed by atoms with Gasteiger partial charge in [-0.25, -0.2) is 0 Å². The Morgan fingerprint density at radius 1 is 1.11 bits per heavy atom. The van der Waals surface area contributed by atoms with E-state index in [1.807, 2.05) is 13.8 Å². The van der Waals surface area contributed by atoms with Crippen molar-refractivity contribution in [2.45, 2.75) is 13.8 Å². The molecule has 5 heteroatoms. The van der Waals surface area contributed by atoms with E-state index in [0.717, 1.165) is 0 Å². The predicted molar refractivity (Wildman–Crippen MR) is 42.0 cm³/mol. The van der Waals surface area contributed by atoms with E-state index in [9.17, 15) is 0 Å². The molecule has 0 aromatic carbocycles. The van der Waals surface area contributed by atoms with E-state index < -0.39 is 16.8 Å². The Morgan fingerprint density at radius 3 is 1.44 bits per heavy atom. The van der Waals surface area contributed by atoms with Crippen molar-refractivity contribution in [3.63, 3.8) is 0 Å². The van der Waals surface area contributed by atoms with Crippen LogP contribution in [0, 0.1) is 0 Å². The molecule has 0 aliphatic rings. The zero-order valence-electron chi connectivity index (χ0n) is 5.61. The van der Waals surface area contributed by atoms with Crippen molar-refractivity contribution in [1.29, 1.82) is 0 Å². The molecule has 0 saturated carbocycles. The quantitative estimate of drug-likeness (QED) is 0.525. The maximum absolute atomic E-state index is 8.71. The fourth-order valence-corrected chi connectivity index (χ4v) is 3.73. The Hall–Kier alpha value is 0.660. The molecule has 0 radical (unpaired) electrons. The summed E-state index contributed by atoms with van der Waals surface area (Å²) in [6, 6.07) is 0. The molecule has 0 bridgehead atoms. The van der Waals surface area contributed by atoms with Crippen LogP contribution in [-0.2, 0) is 10.1 Å². The van der Waals surface area contributed by atoms with Crippen LogP contribution in [0.15, 0.2) is 0 Å². The van der Waals surface area contributed by atoms with Gasteiger partial charge in [0.05, 0.1) is 0 Å². The second-order valence-electron chi connectivity index (χ2n) is 1.55. The molecule has 3 nitrogen and oxygen atoms in total. The van der Waals surface area contributed by atoms with Crippen LogP contribution < -0.4 is 0 Å². The van der Waals surface area contributed by atoms with Gasteiger partial charge in [-0.1, -0.05) is 13.8 Å². The highest BCUT2D eigenvalue weighted by Crippen LogP contribution is 2.36. The maximum atomic E-state index is 8.71. The third kappa shape index (κ3) is 3.38. The molecule has 9 heavy (non-hydrogen) atoms.